The predicted molar refractivity (Wildman–Crippen MR) is 73.2 cm³/mol. The van der Waals surface area contributed by atoms with Crippen molar-refractivity contribution in [2.75, 3.05) is 19.7 Å². The van der Waals surface area contributed by atoms with E-state index in [9.17, 15) is 25.0 Å². The summed E-state index contributed by atoms with van der Waals surface area (Å²) in [4.78, 5) is 33.2. The molecule has 0 radical (unpaired) electrons. The minimum absolute atomic E-state index is 0.175. The molecule has 9 nitrogen and oxygen atoms in total. The first kappa shape index (κ1) is 16.3. The zero-order valence-electron chi connectivity index (χ0n) is 11.6. The number of nitrogens with zero attached hydrogens (tertiary/aromatic N) is 3. The van der Waals surface area contributed by atoms with Gasteiger partial charge in [-0.05, 0) is 19.9 Å². The molecule has 1 aromatic rings. The van der Waals surface area contributed by atoms with Crippen molar-refractivity contribution in [2.45, 2.75) is 13.8 Å². The van der Waals surface area contributed by atoms with Gasteiger partial charge in [0, 0.05) is 19.2 Å². The lowest BCUT2D eigenvalue weighted by Crippen LogP contribution is -2.34. The molecule has 1 rings (SSSR count). The van der Waals surface area contributed by atoms with E-state index in [1.807, 2.05) is 0 Å². The highest BCUT2D eigenvalue weighted by molar-refractivity contribution is 5.77. The molecule has 0 saturated carbocycles. The van der Waals surface area contributed by atoms with Gasteiger partial charge < -0.3 is 9.64 Å². The number of ether oxygens (including phenoxy) is 1. The Morgan fingerprint density at radius 2 is 1.81 bits per heavy atom. The van der Waals surface area contributed by atoms with Gasteiger partial charge in [0.05, 0.1) is 15.9 Å². The summed E-state index contributed by atoms with van der Waals surface area (Å²) in [6, 6.07) is 3.01. The highest BCUT2D eigenvalue weighted by Gasteiger charge is 2.21. The van der Waals surface area contributed by atoms with Crippen LogP contribution in [0.15, 0.2) is 18.2 Å². The second kappa shape index (κ2) is 7.17. The lowest BCUT2D eigenvalue weighted by molar-refractivity contribution is -0.394. The van der Waals surface area contributed by atoms with E-state index in [2.05, 4.69) is 0 Å². The Balaban J connectivity index is 2.91. The van der Waals surface area contributed by atoms with E-state index in [4.69, 9.17) is 4.74 Å². The first-order chi connectivity index (χ1) is 9.90. The SMILES string of the molecule is CCN(CC)C(=O)COc1ccc([N+](=O)[O-])cc1[N+](=O)[O-]. The van der Waals surface area contributed by atoms with Crippen molar-refractivity contribution in [3.8, 4) is 5.75 Å². The van der Waals surface area contributed by atoms with Gasteiger partial charge in [-0.15, -0.1) is 0 Å². The molecule has 0 spiro atoms. The molecule has 1 aromatic carbocycles. The fourth-order valence-corrected chi connectivity index (χ4v) is 1.69. The maximum absolute atomic E-state index is 11.8. The fourth-order valence-electron chi connectivity index (χ4n) is 1.69. The summed E-state index contributed by atoms with van der Waals surface area (Å²) in [6.45, 7) is 4.24. The lowest BCUT2D eigenvalue weighted by atomic mass is 10.2. The van der Waals surface area contributed by atoms with Gasteiger partial charge in [0.2, 0.25) is 0 Å². The van der Waals surface area contributed by atoms with Gasteiger partial charge in [-0.3, -0.25) is 25.0 Å². The van der Waals surface area contributed by atoms with Crippen LogP contribution in [0, 0.1) is 20.2 Å². The van der Waals surface area contributed by atoms with Gasteiger partial charge in [-0.2, -0.15) is 0 Å². The Kier molecular flexibility index (Phi) is 5.58. The third kappa shape index (κ3) is 4.13. The standard InChI is InChI=1S/C12H15N3O6/c1-3-13(4-2)12(16)8-21-11-6-5-9(14(17)18)7-10(11)15(19)20/h5-7H,3-4,8H2,1-2H3. The molecule has 0 saturated heterocycles. The van der Waals surface area contributed by atoms with Crippen LogP contribution >= 0.6 is 0 Å². The van der Waals surface area contributed by atoms with Crippen LogP contribution < -0.4 is 4.74 Å². The van der Waals surface area contributed by atoms with Crippen molar-refractivity contribution in [1.29, 1.82) is 0 Å². The van der Waals surface area contributed by atoms with Crippen LogP contribution in [0.3, 0.4) is 0 Å². The van der Waals surface area contributed by atoms with Crippen LogP contribution in [-0.4, -0.2) is 40.4 Å². The zero-order chi connectivity index (χ0) is 16.0. The van der Waals surface area contributed by atoms with Crippen molar-refractivity contribution in [3.63, 3.8) is 0 Å². The molecule has 0 aromatic heterocycles. The van der Waals surface area contributed by atoms with Gasteiger partial charge in [0.1, 0.15) is 0 Å². The van der Waals surface area contributed by atoms with Crippen LogP contribution in [0.1, 0.15) is 13.8 Å². The van der Waals surface area contributed by atoms with Gasteiger partial charge in [0.25, 0.3) is 11.6 Å². The zero-order valence-corrected chi connectivity index (χ0v) is 11.6. The van der Waals surface area contributed by atoms with E-state index in [0.717, 1.165) is 18.2 Å². The number of nitro benzene ring substituents is 2. The van der Waals surface area contributed by atoms with E-state index >= 15 is 0 Å². The number of rotatable bonds is 7. The maximum Gasteiger partial charge on any atom is 0.317 e. The highest BCUT2D eigenvalue weighted by atomic mass is 16.6. The summed E-state index contributed by atoms with van der Waals surface area (Å²) in [7, 11) is 0. The molecule has 1 amide bonds. The minimum atomic E-state index is -0.787. The molecule has 0 atom stereocenters. The maximum atomic E-state index is 11.8. The minimum Gasteiger partial charge on any atom is -0.477 e. The van der Waals surface area contributed by atoms with Gasteiger partial charge in [-0.25, -0.2) is 0 Å². The first-order valence-corrected chi connectivity index (χ1v) is 6.24. The van der Waals surface area contributed by atoms with Crippen LogP contribution in [-0.2, 0) is 4.79 Å². The first-order valence-electron chi connectivity index (χ1n) is 6.24. The number of benzene rings is 1. The molecule has 0 aliphatic rings. The van der Waals surface area contributed by atoms with E-state index in [-0.39, 0.29) is 18.3 Å². The largest absolute Gasteiger partial charge is 0.477 e. The third-order valence-electron chi connectivity index (χ3n) is 2.82. The number of carbonyl (C=O) groups is 1. The second-order valence-corrected chi connectivity index (χ2v) is 4.02. The molecular weight excluding hydrogens is 282 g/mol. The number of non-ortho nitro benzene ring substituents is 1. The van der Waals surface area contributed by atoms with Crippen LogP contribution in [0.4, 0.5) is 11.4 Å². The van der Waals surface area contributed by atoms with Gasteiger partial charge in [0.15, 0.2) is 12.4 Å². The Morgan fingerprint density at radius 1 is 1.19 bits per heavy atom. The Labute approximate surface area is 120 Å². The summed E-state index contributed by atoms with van der Waals surface area (Å²) >= 11 is 0. The second-order valence-electron chi connectivity index (χ2n) is 4.02. The van der Waals surface area contributed by atoms with Crippen LogP contribution in [0.25, 0.3) is 0 Å². The highest BCUT2D eigenvalue weighted by Crippen LogP contribution is 2.30. The number of nitro groups is 2. The predicted octanol–water partition coefficient (Wildman–Crippen LogP) is 1.75. The fraction of sp³-hybridized carbons (Fsp3) is 0.417. The van der Waals surface area contributed by atoms with Gasteiger partial charge >= 0.3 is 5.69 Å². The molecular formula is C12H15N3O6. The summed E-state index contributed by atoms with van der Waals surface area (Å²) in [6.07, 6.45) is 0. The average molecular weight is 297 g/mol. The Hall–Kier alpha value is -2.71. The van der Waals surface area contributed by atoms with E-state index in [1.165, 1.54) is 4.90 Å². The van der Waals surface area contributed by atoms with E-state index < -0.39 is 21.2 Å². The topological polar surface area (TPSA) is 116 Å². The molecule has 0 bridgehead atoms. The van der Waals surface area contributed by atoms with Crippen molar-refractivity contribution in [3.05, 3.63) is 38.4 Å². The smallest absolute Gasteiger partial charge is 0.317 e. The summed E-state index contributed by atoms with van der Waals surface area (Å²) in [5, 5.41) is 21.5. The molecule has 0 heterocycles. The van der Waals surface area contributed by atoms with Crippen LogP contribution in [0.5, 0.6) is 5.75 Å². The number of hydrogen-bond donors (Lipinski definition) is 0. The quantitative estimate of drug-likeness (QED) is 0.559. The average Bonchev–Trinajstić information content (AvgIpc) is 2.45. The number of carbonyl (C=O) groups excluding carboxylic acids is 1. The Bertz CT molecular complexity index is 556. The third-order valence-corrected chi connectivity index (χ3v) is 2.82. The molecule has 0 fully saturated rings. The summed E-state index contributed by atoms with van der Waals surface area (Å²) in [5.74, 6) is -0.487. The molecule has 9 heteroatoms. The Morgan fingerprint density at radius 3 is 2.29 bits per heavy atom. The molecule has 0 aliphatic carbocycles. The molecule has 0 aliphatic heterocycles. The molecule has 21 heavy (non-hydrogen) atoms. The molecule has 0 unspecified atom stereocenters. The summed E-state index contributed by atoms with van der Waals surface area (Å²) < 4.78 is 5.12. The van der Waals surface area contributed by atoms with Crippen molar-refractivity contribution in [1.82, 2.24) is 4.90 Å². The molecule has 0 N–H and O–H groups in total. The molecule has 114 valence electrons. The van der Waals surface area contributed by atoms with Crippen LogP contribution in [0.2, 0.25) is 0 Å². The normalized spacial score (nSPS) is 10.0. The monoisotopic (exact) mass is 297 g/mol. The van der Waals surface area contributed by atoms with E-state index in [0.29, 0.717) is 13.1 Å². The van der Waals surface area contributed by atoms with Crippen molar-refractivity contribution < 1.29 is 19.4 Å². The summed E-state index contributed by atoms with van der Waals surface area (Å²) in [5.41, 5.74) is -0.958. The van der Waals surface area contributed by atoms with Gasteiger partial charge in [-0.1, -0.05) is 0 Å². The number of amides is 1. The number of hydrogen-bond acceptors (Lipinski definition) is 6. The van der Waals surface area contributed by atoms with Crippen molar-refractivity contribution in [2.24, 2.45) is 0 Å². The number of likely N-dealkylation sites (N-methyl/N-ethyl adjacent to an activating group) is 1. The van der Waals surface area contributed by atoms with Crippen molar-refractivity contribution >= 4 is 17.3 Å². The van der Waals surface area contributed by atoms with E-state index in [1.54, 1.807) is 13.8 Å². The lowest BCUT2D eigenvalue weighted by Gasteiger charge is -2.18.